The topological polar surface area (TPSA) is 55.4 Å². The molecule has 0 aromatic heterocycles. The van der Waals surface area contributed by atoms with Gasteiger partial charge in [-0.15, -0.1) is 0 Å². The molecule has 0 amide bonds. The van der Waals surface area contributed by atoms with Gasteiger partial charge in [0, 0.05) is 5.02 Å². The maximum atomic E-state index is 13.4. The first kappa shape index (κ1) is 16.9. The molecule has 0 aliphatic carbocycles. The molecule has 0 heterocycles. The van der Waals surface area contributed by atoms with Crippen molar-refractivity contribution in [3.05, 3.63) is 51.8 Å². The van der Waals surface area contributed by atoms with Crippen LogP contribution in [0.5, 0.6) is 5.75 Å². The summed E-state index contributed by atoms with van der Waals surface area (Å²) < 4.78 is 45.7. The fourth-order valence-electron chi connectivity index (χ4n) is 1.80. The Balaban J connectivity index is 2.49. The van der Waals surface area contributed by atoms with Crippen LogP contribution in [0.1, 0.15) is 5.56 Å². The highest BCUT2D eigenvalue weighted by Crippen LogP contribution is 2.31. The van der Waals surface area contributed by atoms with E-state index in [0.717, 1.165) is 6.07 Å². The molecule has 8 heteroatoms. The molecule has 4 nitrogen and oxygen atoms in total. The van der Waals surface area contributed by atoms with E-state index < -0.39 is 15.8 Å². The average molecular weight is 364 g/mol. The zero-order valence-electron chi connectivity index (χ0n) is 11.7. The van der Waals surface area contributed by atoms with E-state index in [4.69, 9.17) is 27.9 Å². The second-order valence-electron chi connectivity index (χ2n) is 4.48. The first-order valence-electron chi connectivity index (χ1n) is 6.06. The highest BCUT2D eigenvalue weighted by Gasteiger charge is 2.21. The van der Waals surface area contributed by atoms with Crippen molar-refractivity contribution in [2.75, 3.05) is 11.8 Å². The Labute approximate surface area is 137 Å². The van der Waals surface area contributed by atoms with Crippen molar-refractivity contribution in [3.8, 4) is 5.75 Å². The third kappa shape index (κ3) is 3.45. The van der Waals surface area contributed by atoms with Gasteiger partial charge in [-0.2, -0.15) is 0 Å². The quantitative estimate of drug-likeness (QED) is 0.883. The predicted octanol–water partition coefficient (Wildman–Crippen LogP) is 4.25. The molecule has 1 N–H and O–H groups in total. The largest absolute Gasteiger partial charge is 0.495 e. The lowest BCUT2D eigenvalue weighted by Crippen LogP contribution is -2.14. The van der Waals surface area contributed by atoms with Crippen LogP contribution in [0.25, 0.3) is 0 Å². The number of hydrogen-bond acceptors (Lipinski definition) is 3. The molecule has 0 aliphatic rings. The van der Waals surface area contributed by atoms with Gasteiger partial charge in [0.25, 0.3) is 10.0 Å². The third-order valence-corrected chi connectivity index (χ3v) is 4.84. The molecular formula is C14H12Cl2FNO3S. The van der Waals surface area contributed by atoms with E-state index in [1.807, 2.05) is 0 Å². The summed E-state index contributed by atoms with van der Waals surface area (Å²) in [6.45, 7) is 1.50. The molecule has 0 unspecified atom stereocenters. The van der Waals surface area contributed by atoms with Gasteiger partial charge in [-0.1, -0.05) is 23.2 Å². The molecule has 0 bridgehead atoms. The predicted molar refractivity (Wildman–Crippen MR) is 85.0 cm³/mol. The summed E-state index contributed by atoms with van der Waals surface area (Å²) in [6, 6.07) is 6.56. The van der Waals surface area contributed by atoms with Crippen LogP contribution in [0.2, 0.25) is 10.0 Å². The molecule has 0 radical (unpaired) electrons. The van der Waals surface area contributed by atoms with E-state index in [1.54, 1.807) is 0 Å². The number of halogens is 3. The van der Waals surface area contributed by atoms with Crippen molar-refractivity contribution in [2.24, 2.45) is 0 Å². The van der Waals surface area contributed by atoms with Gasteiger partial charge in [0.15, 0.2) is 0 Å². The van der Waals surface area contributed by atoms with Crippen molar-refractivity contribution in [1.29, 1.82) is 0 Å². The fraction of sp³-hybridized carbons (Fsp3) is 0.143. The molecule has 22 heavy (non-hydrogen) atoms. The minimum absolute atomic E-state index is 0.0485. The minimum atomic E-state index is -4.00. The fourth-order valence-corrected chi connectivity index (χ4v) is 3.55. The zero-order valence-corrected chi connectivity index (χ0v) is 14.0. The first-order valence-corrected chi connectivity index (χ1v) is 8.30. The van der Waals surface area contributed by atoms with Crippen LogP contribution in [0.15, 0.2) is 35.2 Å². The van der Waals surface area contributed by atoms with Gasteiger partial charge in [0.2, 0.25) is 0 Å². The molecule has 2 rings (SSSR count). The lowest BCUT2D eigenvalue weighted by atomic mass is 10.2. The van der Waals surface area contributed by atoms with Crippen molar-refractivity contribution < 1.29 is 17.5 Å². The van der Waals surface area contributed by atoms with Gasteiger partial charge in [-0.25, -0.2) is 12.8 Å². The van der Waals surface area contributed by atoms with Gasteiger partial charge in [0.05, 0.1) is 17.8 Å². The summed E-state index contributed by atoms with van der Waals surface area (Å²) in [5.41, 5.74) is 0.336. The average Bonchev–Trinajstić information content (AvgIpc) is 2.44. The SMILES string of the molecule is COc1ccc(Cl)cc1S(=O)(=O)Nc1cc(C)c(F)cc1Cl. The molecule has 0 atom stereocenters. The van der Waals surface area contributed by atoms with Crippen LogP contribution in [-0.2, 0) is 10.0 Å². The van der Waals surface area contributed by atoms with Crippen LogP contribution in [0, 0.1) is 12.7 Å². The summed E-state index contributed by atoms with van der Waals surface area (Å²) in [4.78, 5) is -0.138. The van der Waals surface area contributed by atoms with E-state index in [2.05, 4.69) is 4.72 Å². The van der Waals surface area contributed by atoms with Gasteiger partial charge < -0.3 is 4.74 Å². The molecule has 0 spiro atoms. The second-order valence-corrected chi connectivity index (χ2v) is 6.98. The zero-order chi connectivity index (χ0) is 16.5. The molecule has 0 fully saturated rings. The Hall–Kier alpha value is -1.50. The monoisotopic (exact) mass is 363 g/mol. The Morgan fingerprint density at radius 1 is 1.18 bits per heavy atom. The van der Waals surface area contributed by atoms with Crippen molar-refractivity contribution in [1.82, 2.24) is 0 Å². The van der Waals surface area contributed by atoms with Gasteiger partial charge in [0.1, 0.15) is 16.5 Å². The Kier molecular flexibility index (Phi) is 4.84. The van der Waals surface area contributed by atoms with Crippen molar-refractivity contribution in [2.45, 2.75) is 11.8 Å². The summed E-state index contributed by atoms with van der Waals surface area (Å²) in [7, 11) is -2.65. The van der Waals surface area contributed by atoms with Gasteiger partial charge in [-0.05, 0) is 42.8 Å². The Morgan fingerprint density at radius 3 is 2.50 bits per heavy atom. The highest BCUT2D eigenvalue weighted by molar-refractivity contribution is 7.92. The number of aryl methyl sites for hydroxylation is 1. The summed E-state index contributed by atoms with van der Waals surface area (Å²) in [5.74, 6) is -0.389. The number of sulfonamides is 1. The van der Waals surface area contributed by atoms with Crippen LogP contribution >= 0.6 is 23.2 Å². The molecular weight excluding hydrogens is 352 g/mol. The number of rotatable bonds is 4. The number of nitrogens with one attached hydrogen (secondary N) is 1. The minimum Gasteiger partial charge on any atom is -0.495 e. The Morgan fingerprint density at radius 2 is 1.86 bits per heavy atom. The standard InChI is InChI=1S/C14H12Cl2FNO3S/c1-8-5-12(10(16)7-11(8)17)18-22(19,20)14-6-9(15)3-4-13(14)21-2/h3-7,18H,1-2H3. The van der Waals surface area contributed by atoms with Crippen molar-refractivity contribution >= 4 is 38.9 Å². The van der Waals surface area contributed by atoms with Crippen LogP contribution in [-0.4, -0.2) is 15.5 Å². The molecule has 0 aliphatic heterocycles. The van der Waals surface area contributed by atoms with Gasteiger partial charge >= 0.3 is 0 Å². The number of hydrogen-bond donors (Lipinski definition) is 1. The molecule has 2 aromatic carbocycles. The molecule has 0 saturated heterocycles. The normalized spacial score (nSPS) is 11.3. The van der Waals surface area contributed by atoms with E-state index in [1.165, 1.54) is 38.3 Å². The van der Waals surface area contributed by atoms with Gasteiger partial charge in [-0.3, -0.25) is 4.72 Å². The summed E-state index contributed by atoms with van der Waals surface area (Å²) in [5, 5.41) is 0.190. The maximum Gasteiger partial charge on any atom is 0.265 e. The smallest absolute Gasteiger partial charge is 0.265 e. The maximum absolute atomic E-state index is 13.4. The second kappa shape index (κ2) is 6.32. The number of methoxy groups -OCH3 is 1. The number of ether oxygens (including phenoxy) is 1. The molecule has 2 aromatic rings. The van der Waals surface area contributed by atoms with E-state index in [-0.39, 0.29) is 31.9 Å². The molecule has 118 valence electrons. The summed E-state index contributed by atoms with van der Waals surface area (Å²) >= 11 is 11.7. The highest BCUT2D eigenvalue weighted by atomic mass is 35.5. The lowest BCUT2D eigenvalue weighted by molar-refractivity contribution is 0.403. The first-order chi connectivity index (χ1) is 10.2. The lowest BCUT2D eigenvalue weighted by Gasteiger charge is -2.13. The third-order valence-electron chi connectivity index (χ3n) is 2.91. The van der Waals surface area contributed by atoms with E-state index in [0.29, 0.717) is 0 Å². The number of benzene rings is 2. The van der Waals surface area contributed by atoms with Crippen LogP contribution < -0.4 is 9.46 Å². The Bertz CT molecular complexity index is 825. The van der Waals surface area contributed by atoms with Crippen LogP contribution in [0.3, 0.4) is 0 Å². The molecule has 0 saturated carbocycles. The number of anilines is 1. The van der Waals surface area contributed by atoms with Crippen molar-refractivity contribution in [3.63, 3.8) is 0 Å². The van der Waals surface area contributed by atoms with Crippen LogP contribution in [0.4, 0.5) is 10.1 Å². The van der Waals surface area contributed by atoms with E-state index >= 15 is 0 Å². The summed E-state index contributed by atoms with van der Waals surface area (Å²) in [6.07, 6.45) is 0. The van der Waals surface area contributed by atoms with E-state index in [9.17, 15) is 12.8 Å².